The van der Waals surface area contributed by atoms with Crippen LogP contribution in [0.4, 0.5) is 0 Å². The van der Waals surface area contributed by atoms with E-state index in [0.29, 0.717) is 23.2 Å². The maximum Gasteiger partial charge on any atom is 0.120 e. The SMILES string of the molecule is CC(C)CCN(C)CC(O)COc1cccc(C(N)=S)c1. The predicted octanol–water partition coefficient (Wildman–Crippen LogP) is 2.04. The van der Waals surface area contributed by atoms with Gasteiger partial charge in [-0.15, -0.1) is 0 Å². The summed E-state index contributed by atoms with van der Waals surface area (Å²) in [5, 5.41) is 10.0. The van der Waals surface area contributed by atoms with Gasteiger partial charge in [-0.2, -0.15) is 0 Å². The molecule has 1 aromatic rings. The molecule has 1 atom stereocenters. The van der Waals surface area contributed by atoms with Gasteiger partial charge >= 0.3 is 0 Å². The number of rotatable bonds is 9. The number of hydrogen-bond acceptors (Lipinski definition) is 4. The normalized spacial score (nSPS) is 12.7. The average molecular weight is 310 g/mol. The maximum atomic E-state index is 10.0. The minimum absolute atomic E-state index is 0.257. The number of nitrogens with zero attached hydrogens (tertiary/aromatic N) is 1. The van der Waals surface area contributed by atoms with E-state index in [2.05, 4.69) is 18.7 Å². The third-order valence-corrected chi connectivity index (χ3v) is 3.41. The second-order valence-corrected chi connectivity index (χ2v) is 6.24. The van der Waals surface area contributed by atoms with E-state index >= 15 is 0 Å². The zero-order chi connectivity index (χ0) is 15.8. The first-order chi connectivity index (χ1) is 9.88. The standard InChI is InChI=1S/C16H26N2O2S/c1-12(2)7-8-18(3)10-14(19)11-20-15-6-4-5-13(9-15)16(17)21/h4-6,9,12,14,19H,7-8,10-11H2,1-3H3,(H2,17,21). The summed E-state index contributed by atoms with van der Waals surface area (Å²) in [6.07, 6.45) is 0.607. The quantitative estimate of drug-likeness (QED) is 0.684. The van der Waals surface area contributed by atoms with Gasteiger partial charge < -0.3 is 20.5 Å². The molecule has 21 heavy (non-hydrogen) atoms. The predicted molar refractivity (Wildman–Crippen MR) is 90.8 cm³/mol. The van der Waals surface area contributed by atoms with E-state index in [0.717, 1.165) is 18.5 Å². The summed E-state index contributed by atoms with van der Waals surface area (Å²) in [6, 6.07) is 7.30. The molecule has 118 valence electrons. The number of benzene rings is 1. The summed E-state index contributed by atoms with van der Waals surface area (Å²) in [5.41, 5.74) is 6.35. The fourth-order valence-electron chi connectivity index (χ4n) is 1.91. The number of ether oxygens (including phenoxy) is 1. The Labute approximate surface area is 132 Å². The smallest absolute Gasteiger partial charge is 0.120 e. The van der Waals surface area contributed by atoms with Gasteiger partial charge in [0.1, 0.15) is 23.4 Å². The first kappa shape index (κ1) is 17.9. The summed E-state index contributed by atoms with van der Waals surface area (Å²) in [6.45, 7) is 6.23. The highest BCUT2D eigenvalue weighted by atomic mass is 32.1. The van der Waals surface area contributed by atoms with Gasteiger partial charge in [0.05, 0.1) is 0 Å². The lowest BCUT2D eigenvalue weighted by Gasteiger charge is -2.21. The molecule has 0 fully saturated rings. The number of thiocarbonyl (C=S) groups is 1. The Hall–Kier alpha value is -1.17. The fraction of sp³-hybridized carbons (Fsp3) is 0.562. The molecule has 0 amide bonds. The van der Waals surface area contributed by atoms with Crippen LogP contribution in [-0.2, 0) is 0 Å². The summed E-state index contributed by atoms with van der Waals surface area (Å²) in [7, 11) is 2.01. The third kappa shape index (κ3) is 7.41. The molecular weight excluding hydrogens is 284 g/mol. The van der Waals surface area contributed by atoms with Crippen molar-refractivity contribution in [3.05, 3.63) is 29.8 Å². The number of hydrogen-bond donors (Lipinski definition) is 2. The van der Waals surface area contributed by atoms with Crippen LogP contribution < -0.4 is 10.5 Å². The Morgan fingerprint density at radius 1 is 1.43 bits per heavy atom. The molecule has 0 aliphatic rings. The van der Waals surface area contributed by atoms with Crippen molar-refractivity contribution in [3.8, 4) is 5.75 Å². The summed E-state index contributed by atoms with van der Waals surface area (Å²) < 4.78 is 5.59. The van der Waals surface area contributed by atoms with Crippen molar-refractivity contribution in [1.29, 1.82) is 0 Å². The Morgan fingerprint density at radius 2 is 2.14 bits per heavy atom. The van der Waals surface area contributed by atoms with Gasteiger partial charge in [-0.25, -0.2) is 0 Å². The van der Waals surface area contributed by atoms with Crippen molar-refractivity contribution in [3.63, 3.8) is 0 Å². The van der Waals surface area contributed by atoms with E-state index in [1.54, 1.807) is 6.07 Å². The fourth-order valence-corrected chi connectivity index (χ4v) is 2.04. The maximum absolute atomic E-state index is 10.0. The molecule has 5 heteroatoms. The van der Waals surface area contributed by atoms with Crippen LogP contribution in [0.25, 0.3) is 0 Å². The van der Waals surface area contributed by atoms with Crippen LogP contribution in [0.3, 0.4) is 0 Å². The second kappa shape index (κ2) is 8.97. The van der Waals surface area contributed by atoms with Crippen LogP contribution in [0.1, 0.15) is 25.8 Å². The van der Waals surface area contributed by atoms with Gasteiger partial charge in [0.2, 0.25) is 0 Å². The van der Waals surface area contributed by atoms with Crippen molar-refractivity contribution in [1.82, 2.24) is 4.90 Å². The Kier molecular flexibility index (Phi) is 7.64. The first-order valence-corrected chi connectivity index (χ1v) is 7.68. The number of likely N-dealkylation sites (N-methyl/N-ethyl adjacent to an activating group) is 1. The van der Waals surface area contributed by atoms with Gasteiger partial charge in [-0.3, -0.25) is 0 Å². The van der Waals surface area contributed by atoms with E-state index in [1.165, 1.54) is 0 Å². The average Bonchev–Trinajstić information content (AvgIpc) is 2.43. The monoisotopic (exact) mass is 310 g/mol. The molecule has 0 spiro atoms. The van der Waals surface area contributed by atoms with E-state index in [1.807, 2.05) is 25.2 Å². The zero-order valence-electron chi connectivity index (χ0n) is 13.1. The molecular formula is C16H26N2O2S. The van der Waals surface area contributed by atoms with Gasteiger partial charge in [-0.1, -0.05) is 38.2 Å². The van der Waals surface area contributed by atoms with E-state index < -0.39 is 6.10 Å². The number of nitrogens with two attached hydrogens (primary N) is 1. The zero-order valence-corrected chi connectivity index (χ0v) is 13.9. The molecule has 3 N–H and O–H groups in total. The molecule has 0 aromatic heterocycles. The van der Waals surface area contributed by atoms with E-state index in [-0.39, 0.29) is 6.61 Å². The highest BCUT2D eigenvalue weighted by Crippen LogP contribution is 2.13. The molecule has 0 heterocycles. The summed E-state index contributed by atoms with van der Waals surface area (Å²) in [4.78, 5) is 2.47. The molecule has 4 nitrogen and oxygen atoms in total. The van der Waals surface area contributed by atoms with Crippen molar-refractivity contribution < 1.29 is 9.84 Å². The molecule has 0 saturated heterocycles. The first-order valence-electron chi connectivity index (χ1n) is 7.27. The van der Waals surface area contributed by atoms with Crippen LogP contribution >= 0.6 is 12.2 Å². The van der Waals surface area contributed by atoms with Crippen LogP contribution in [0.2, 0.25) is 0 Å². The number of aliphatic hydroxyl groups is 1. The van der Waals surface area contributed by atoms with Crippen molar-refractivity contribution in [2.75, 3.05) is 26.7 Å². The van der Waals surface area contributed by atoms with Gasteiger partial charge in [0.15, 0.2) is 0 Å². The molecule has 0 bridgehead atoms. The molecule has 1 rings (SSSR count). The van der Waals surface area contributed by atoms with Gasteiger partial charge in [0, 0.05) is 12.1 Å². The van der Waals surface area contributed by atoms with E-state index in [4.69, 9.17) is 22.7 Å². The lowest BCUT2D eigenvalue weighted by Crippen LogP contribution is -2.34. The molecule has 0 aliphatic carbocycles. The largest absolute Gasteiger partial charge is 0.491 e. The third-order valence-electron chi connectivity index (χ3n) is 3.17. The molecule has 1 unspecified atom stereocenters. The van der Waals surface area contributed by atoms with Crippen LogP contribution in [-0.4, -0.2) is 47.8 Å². The molecule has 0 saturated carbocycles. The van der Waals surface area contributed by atoms with Gasteiger partial charge in [0.25, 0.3) is 0 Å². The lowest BCUT2D eigenvalue weighted by atomic mass is 10.1. The summed E-state index contributed by atoms with van der Waals surface area (Å²) >= 11 is 4.93. The topological polar surface area (TPSA) is 58.7 Å². The molecule has 1 aromatic carbocycles. The summed E-state index contributed by atoms with van der Waals surface area (Å²) in [5.74, 6) is 1.34. The van der Waals surface area contributed by atoms with Crippen LogP contribution in [0, 0.1) is 5.92 Å². The van der Waals surface area contributed by atoms with Crippen molar-refractivity contribution >= 4 is 17.2 Å². The minimum Gasteiger partial charge on any atom is -0.491 e. The van der Waals surface area contributed by atoms with Gasteiger partial charge in [-0.05, 0) is 38.1 Å². The van der Waals surface area contributed by atoms with Crippen LogP contribution in [0.15, 0.2) is 24.3 Å². The van der Waals surface area contributed by atoms with Crippen molar-refractivity contribution in [2.24, 2.45) is 11.7 Å². The number of aliphatic hydroxyl groups excluding tert-OH is 1. The molecule has 0 aliphatic heterocycles. The van der Waals surface area contributed by atoms with Crippen LogP contribution in [0.5, 0.6) is 5.75 Å². The Bertz CT molecular complexity index is 452. The highest BCUT2D eigenvalue weighted by molar-refractivity contribution is 7.80. The lowest BCUT2D eigenvalue weighted by molar-refractivity contribution is 0.0751. The second-order valence-electron chi connectivity index (χ2n) is 5.80. The van der Waals surface area contributed by atoms with Crippen molar-refractivity contribution in [2.45, 2.75) is 26.4 Å². The van der Waals surface area contributed by atoms with E-state index in [9.17, 15) is 5.11 Å². The minimum atomic E-state index is -0.518. The molecule has 0 radical (unpaired) electrons. The highest BCUT2D eigenvalue weighted by Gasteiger charge is 2.10. The Morgan fingerprint density at radius 3 is 2.76 bits per heavy atom. The Balaban J connectivity index is 2.37.